The summed E-state index contributed by atoms with van der Waals surface area (Å²) in [6, 6.07) is 13.6. The summed E-state index contributed by atoms with van der Waals surface area (Å²) in [6.07, 6.45) is 4.10. The number of aliphatic hydroxyl groups is 1. The van der Waals surface area contributed by atoms with Crippen LogP contribution in [0.3, 0.4) is 0 Å². The molecule has 3 aliphatic rings. The largest absolute Gasteiger partial charge is 0.434 e. The van der Waals surface area contributed by atoms with Gasteiger partial charge in [0.2, 0.25) is 0 Å². The van der Waals surface area contributed by atoms with Crippen molar-refractivity contribution in [2.45, 2.75) is 50.5 Å². The minimum atomic E-state index is -3.02. The summed E-state index contributed by atoms with van der Waals surface area (Å²) >= 11 is 0. The second-order valence-corrected chi connectivity index (χ2v) is 14.7. The van der Waals surface area contributed by atoms with Crippen LogP contribution >= 0.6 is 7.14 Å². The Morgan fingerprint density at radius 2 is 1.85 bits per heavy atom. The second kappa shape index (κ2) is 9.19. The van der Waals surface area contributed by atoms with E-state index >= 15 is 0 Å². The number of carbonyl (C=O) groups is 1. The highest BCUT2D eigenvalue weighted by molar-refractivity contribution is 7.71. The molecule has 3 aliphatic heterocycles. The van der Waals surface area contributed by atoms with E-state index in [4.69, 9.17) is 9.72 Å². The molecule has 2 aromatic carbocycles. The van der Waals surface area contributed by atoms with Crippen LogP contribution in [0.25, 0.3) is 22.2 Å². The molecule has 7 rings (SSSR count). The molecule has 0 saturated carbocycles. The highest BCUT2D eigenvalue weighted by Gasteiger charge is 2.45. The first-order valence-corrected chi connectivity index (χ1v) is 15.8. The number of hydrogen-bond acceptors (Lipinski definition) is 6. The molecule has 5 heterocycles. The average molecular weight is 579 g/mol. The molecule has 8 nitrogen and oxygen atoms in total. The Kier molecular flexibility index (Phi) is 5.89. The highest BCUT2D eigenvalue weighted by Crippen LogP contribution is 2.52. The maximum atomic E-state index is 13.5. The fourth-order valence-corrected chi connectivity index (χ4v) is 9.55. The second-order valence-electron chi connectivity index (χ2n) is 11.6. The third-order valence-corrected chi connectivity index (χ3v) is 11.9. The zero-order valence-corrected chi connectivity index (χ0v) is 23.5. The molecule has 41 heavy (non-hydrogen) atoms. The van der Waals surface area contributed by atoms with E-state index in [0.29, 0.717) is 54.0 Å². The molecule has 1 N–H and O–H groups in total. The number of pyridine rings is 1. The molecule has 11 heteroatoms. The molecule has 0 unspecified atom stereocenters. The molecule has 2 atom stereocenters. The Hall–Kier alpha value is -3.62. The maximum Gasteiger partial charge on any atom is 0.387 e. The molecule has 1 fully saturated rings. The third-order valence-electron chi connectivity index (χ3n) is 8.93. The Morgan fingerprint density at radius 1 is 1.10 bits per heavy atom. The van der Waals surface area contributed by atoms with Crippen LogP contribution in [-0.2, 0) is 4.57 Å². The Labute approximate surface area is 235 Å². The van der Waals surface area contributed by atoms with Gasteiger partial charge in [0, 0.05) is 48.7 Å². The fourth-order valence-electron chi connectivity index (χ4n) is 6.57. The lowest BCUT2D eigenvalue weighted by Crippen LogP contribution is -2.33. The van der Waals surface area contributed by atoms with Crippen molar-refractivity contribution in [1.82, 2.24) is 19.4 Å². The number of aromatic nitrogens is 3. The Bertz CT molecular complexity index is 1740. The van der Waals surface area contributed by atoms with E-state index in [1.165, 1.54) is 6.07 Å². The average Bonchev–Trinajstić information content (AvgIpc) is 3.47. The minimum absolute atomic E-state index is 0.00496. The predicted molar refractivity (Wildman–Crippen MR) is 150 cm³/mol. The molecule has 0 spiro atoms. The molecular weight excluding hydrogens is 549 g/mol. The smallest absolute Gasteiger partial charge is 0.387 e. The number of rotatable bonds is 4. The molecule has 212 valence electrons. The van der Waals surface area contributed by atoms with Gasteiger partial charge < -0.3 is 23.9 Å². The highest BCUT2D eigenvalue weighted by atomic mass is 31.2. The third kappa shape index (κ3) is 4.18. The first kappa shape index (κ1) is 26.3. The number of hydrogen-bond donors (Lipinski definition) is 1. The standard InChI is InChI=1S/C30H29F2N4O4P/c1-30(38)10-12-41(39,13-11-30)25-9-7-18(16-33-25)17-6-8-20-21(14-17)36-22-15-23(27(36)34-20)35(2)28(37)19-4-3-5-24(26(19)22)40-29(31)32/h3-9,14,16,22-23,29,38H,10-13,15H2,1-2H3/t22-,23-,30?,41?/m1/s1. The van der Waals surface area contributed by atoms with Crippen molar-refractivity contribution in [1.29, 1.82) is 0 Å². The minimum Gasteiger partial charge on any atom is -0.434 e. The maximum absolute atomic E-state index is 13.5. The summed E-state index contributed by atoms with van der Waals surface area (Å²) in [5.41, 5.74) is 3.87. The number of benzene rings is 2. The lowest BCUT2D eigenvalue weighted by Gasteiger charge is -2.32. The number of nitrogens with zero attached hydrogens (tertiary/aromatic N) is 4. The van der Waals surface area contributed by atoms with Crippen molar-refractivity contribution < 1.29 is 28.0 Å². The van der Waals surface area contributed by atoms with Crippen molar-refractivity contribution in [2.24, 2.45) is 0 Å². The number of halogens is 2. The van der Waals surface area contributed by atoms with E-state index in [1.54, 1.807) is 37.2 Å². The van der Waals surface area contributed by atoms with Crippen LogP contribution in [-0.4, -0.2) is 62.0 Å². The first-order valence-electron chi connectivity index (χ1n) is 13.7. The SMILES string of the molecule is CN1C(=O)c2cccc(OC(F)F)c2[C@H]2C[C@@H]1c1nc3ccc(-c4ccc(P5(=O)CCC(C)(O)CC5)nc4)cc3n12. The van der Waals surface area contributed by atoms with Gasteiger partial charge in [-0.15, -0.1) is 0 Å². The van der Waals surface area contributed by atoms with E-state index in [-0.39, 0.29) is 17.7 Å². The van der Waals surface area contributed by atoms with Crippen LogP contribution in [0.5, 0.6) is 5.75 Å². The van der Waals surface area contributed by atoms with Crippen LogP contribution in [0.2, 0.25) is 0 Å². The summed E-state index contributed by atoms with van der Waals surface area (Å²) in [5, 5.41) is 10.3. The van der Waals surface area contributed by atoms with Gasteiger partial charge in [0.15, 0.2) is 0 Å². The van der Waals surface area contributed by atoms with Gasteiger partial charge in [-0.25, -0.2) is 4.98 Å². The lowest BCUT2D eigenvalue weighted by atomic mass is 9.97. The number of ether oxygens (including phenoxy) is 1. The Balaban J connectivity index is 1.30. The summed E-state index contributed by atoms with van der Waals surface area (Å²) in [7, 11) is -0.939. The van der Waals surface area contributed by atoms with E-state index in [1.807, 2.05) is 34.9 Å². The molecule has 1 saturated heterocycles. The van der Waals surface area contributed by atoms with Crippen LogP contribution in [0, 0.1) is 0 Å². The molecule has 4 aromatic rings. The van der Waals surface area contributed by atoms with E-state index in [0.717, 1.165) is 22.2 Å². The van der Waals surface area contributed by atoms with Gasteiger partial charge in [0.05, 0.1) is 34.2 Å². The number of alkyl halides is 2. The summed E-state index contributed by atoms with van der Waals surface area (Å²) < 4.78 is 47.2. The fraction of sp³-hybridized carbons (Fsp3) is 0.367. The number of amides is 1. The zero-order valence-electron chi connectivity index (χ0n) is 22.6. The Morgan fingerprint density at radius 3 is 2.56 bits per heavy atom. The normalized spacial score (nSPS) is 27.2. The van der Waals surface area contributed by atoms with E-state index in [9.17, 15) is 23.2 Å². The van der Waals surface area contributed by atoms with Crippen LogP contribution in [0.15, 0.2) is 54.7 Å². The lowest BCUT2D eigenvalue weighted by molar-refractivity contribution is -0.0507. The van der Waals surface area contributed by atoms with Gasteiger partial charge in [0.25, 0.3) is 5.91 Å². The van der Waals surface area contributed by atoms with Crippen molar-refractivity contribution >= 4 is 29.5 Å². The summed E-state index contributed by atoms with van der Waals surface area (Å²) in [5.74, 6) is 0.447. The summed E-state index contributed by atoms with van der Waals surface area (Å²) in [6.45, 7) is -1.24. The van der Waals surface area contributed by atoms with Crippen molar-refractivity contribution in [2.75, 3.05) is 19.4 Å². The molecule has 1 amide bonds. The van der Waals surface area contributed by atoms with Gasteiger partial charge in [0.1, 0.15) is 18.7 Å². The summed E-state index contributed by atoms with van der Waals surface area (Å²) in [4.78, 5) is 24.4. The number of carbonyl (C=O) groups excluding carboxylic acids is 1. The molecular formula is C30H29F2N4O4P. The van der Waals surface area contributed by atoms with Crippen molar-refractivity contribution in [3.63, 3.8) is 0 Å². The van der Waals surface area contributed by atoms with Gasteiger partial charge >= 0.3 is 6.61 Å². The van der Waals surface area contributed by atoms with Gasteiger partial charge in [-0.05, 0) is 55.7 Å². The van der Waals surface area contributed by atoms with E-state index in [2.05, 4.69) is 4.98 Å². The predicted octanol–water partition coefficient (Wildman–Crippen LogP) is 5.35. The van der Waals surface area contributed by atoms with Gasteiger partial charge in [-0.3, -0.25) is 9.78 Å². The van der Waals surface area contributed by atoms with Crippen molar-refractivity contribution in [3.8, 4) is 16.9 Å². The van der Waals surface area contributed by atoms with Crippen LogP contribution in [0.4, 0.5) is 8.78 Å². The zero-order chi connectivity index (χ0) is 28.7. The quantitative estimate of drug-likeness (QED) is 0.328. The monoisotopic (exact) mass is 578 g/mol. The molecule has 0 aliphatic carbocycles. The van der Waals surface area contributed by atoms with Crippen LogP contribution in [0.1, 0.15) is 60.0 Å². The first-order chi connectivity index (χ1) is 19.5. The molecule has 0 radical (unpaired) electrons. The topological polar surface area (TPSA) is 97.6 Å². The number of imidazole rings is 1. The number of fused-ring (bicyclic) bond motifs is 9. The van der Waals surface area contributed by atoms with Gasteiger partial charge in [-0.1, -0.05) is 18.2 Å². The van der Waals surface area contributed by atoms with Crippen molar-refractivity contribution in [3.05, 3.63) is 71.7 Å². The molecule has 2 aromatic heterocycles. The molecule has 2 bridgehead atoms. The van der Waals surface area contributed by atoms with Crippen LogP contribution < -0.4 is 10.2 Å². The van der Waals surface area contributed by atoms with E-state index < -0.39 is 25.4 Å². The van der Waals surface area contributed by atoms with Gasteiger partial charge in [-0.2, -0.15) is 8.78 Å².